The Kier molecular flexibility index (Phi) is 4.65. The summed E-state index contributed by atoms with van der Waals surface area (Å²) >= 11 is 0. The maximum atomic E-state index is 11.1. The van der Waals surface area contributed by atoms with Gasteiger partial charge < -0.3 is 5.11 Å². The molecule has 4 nitrogen and oxygen atoms in total. The number of aromatic nitrogens is 3. The third-order valence-electron chi connectivity index (χ3n) is 4.78. The quantitative estimate of drug-likeness (QED) is 0.566. The summed E-state index contributed by atoms with van der Waals surface area (Å²) in [6.45, 7) is 4.31. The fraction of sp³-hybridized carbons (Fsp3) is 0.174. The number of fused-ring (bicyclic) bond motifs is 1. The number of nitrogens with zero attached hydrogens (tertiary/aromatic N) is 3. The van der Waals surface area contributed by atoms with Crippen LogP contribution in [0.3, 0.4) is 0 Å². The Morgan fingerprint density at radius 1 is 0.852 bits per heavy atom. The van der Waals surface area contributed by atoms with E-state index in [4.69, 9.17) is 4.98 Å². The first-order valence-electron chi connectivity index (χ1n) is 9.07. The minimum Gasteiger partial charge on any atom is -0.382 e. The predicted molar refractivity (Wildman–Crippen MR) is 107 cm³/mol. The lowest BCUT2D eigenvalue weighted by Crippen LogP contribution is -2.05. The molecule has 0 bridgehead atoms. The van der Waals surface area contributed by atoms with Gasteiger partial charge in [0.25, 0.3) is 0 Å². The Hall–Kier alpha value is -3.11. The third-order valence-corrected chi connectivity index (χ3v) is 4.78. The van der Waals surface area contributed by atoms with Gasteiger partial charge in [-0.15, -0.1) is 0 Å². The van der Waals surface area contributed by atoms with Crippen molar-refractivity contribution < 1.29 is 5.11 Å². The van der Waals surface area contributed by atoms with E-state index in [-0.39, 0.29) is 0 Å². The highest BCUT2D eigenvalue weighted by molar-refractivity contribution is 5.85. The van der Waals surface area contributed by atoms with Crippen molar-refractivity contribution >= 4 is 10.9 Å². The van der Waals surface area contributed by atoms with Crippen LogP contribution >= 0.6 is 0 Å². The molecule has 134 valence electrons. The monoisotopic (exact) mass is 355 g/mol. The fourth-order valence-electron chi connectivity index (χ4n) is 3.20. The second-order valence-corrected chi connectivity index (χ2v) is 6.92. The number of aliphatic hydroxyl groups is 1. The summed E-state index contributed by atoms with van der Waals surface area (Å²) in [6, 6.07) is 17.7. The largest absolute Gasteiger partial charge is 0.382 e. The number of rotatable bonds is 4. The van der Waals surface area contributed by atoms with E-state index < -0.39 is 6.10 Å². The van der Waals surface area contributed by atoms with Crippen molar-refractivity contribution in [1.29, 1.82) is 0 Å². The molecule has 0 aliphatic rings. The van der Waals surface area contributed by atoms with Crippen molar-refractivity contribution in [2.45, 2.75) is 25.9 Å². The summed E-state index contributed by atoms with van der Waals surface area (Å²) in [5.74, 6) is 0.453. The average Bonchev–Trinajstić information content (AvgIpc) is 2.73. The highest BCUT2D eigenvalue weighted by Crippen LogP contribution is 2.30. The van der Waals surface area contributed by atoms with Crippen molar-refractivity contribution in [2.75, 3.05) is 0 Å². The van der Waals surface area contributed by atoms with Crippen LogP contribution in [0.2, 0.25) is 0 Å². The molecule has 0 unspecified atom stereocenters. The van der Waals surface area contributed by atoms with Crippen LogP contribution in [0.4, 0.5) is 0 Å². The molecule has 0 spiro atoms. The zero-order valence-electron chi connectivity index (χ0n) is 15.4. The number of benzene rings is 1. The Morgan fingerprint density at radius 2 is 1.56 bits per heavy atom. The second kappa shape index (κ2) is 7.25. The van der Waals surface area contributed by atoms with E-state index in [9.17, 15) is 5.11 Å². The first kappa shape index (κ1) is 17.3. The van der Waals surface area contributed by atoms with E-state index >= 15 is 0 Å². The van der Waals surface area contributed by atoms with Gasteiger partial charge in [-0.25, -0.2) is 4.98 Å². The molecular formula is C23H21N3O. The number of pyridine rings is 3. The molecule has 4 rings (SSSR count). The molecule has 0 saturated heterocycles. The van der Waals surface area contributed by atoms with Gasteiger partial charge in [0.05, 0.1) is 16.9 Å². The van der Waals surface area contributed by atoms with Crippen LogP contribution < -0.4 is 0 Å². The molecule has 0 aliphatic carbocycles. The lowest BCUT2D eigenvalue weighted by molar-refractivity contribution is 0.217. The van der Waals surface area contributed by atoms with Gasteiger partial charge in [-0.2, -0.15) is 0 Å². The molecule has 1 atom stereocenters. The molecule has 0 amide bonds. The van der Waals surface area contributed by atoms with Gasteiger partial charge in [-0.3, -0.25) is 9.97 Å². The first-order chi connectivity index (χ1) is 13.1. The van der Waals surface area contributed by atoms with E-state index in [0.29, 0.717) is 11.6 Å². The highest BCUT2D eigenvalue weighted by atomic mass is 16.3. The van der Waals surface area contributed by atoms with E-state index in [1.165, 1.54) is 5.56 Å². The summed E-state index contributed by atoms with van der Waals surface area (Å²) in [7, 11) is 0. The van der Waals surface area contributed by atoms with Crippen LogP contribution in [0.15, 0.2) is 73.2 Å². The molecule has 27 heavy (non-hydrogen) atoms. The molecule has 3 heterocycles. The van der Waals surface area contributed by atoms with Gasteiger partial charge >= 0.3 is 0 Å². The highest BCUT2D eigenvalue weighted by Gasteiger charge is 2.18. The van der Waals surface area contributed by atoms with Crippen LogP contribution in [-0.2, 0) is 0 Å². The van der Waals surface area contributed by atoms with Crippen molar-refractivity contribution in [3.63, 3.8) is 0 Å². The zero-order valence-corrected chi connectivity index (χ0v) is 15.4. The number of hydrogen-bond acceptors (Lipinski definition) is 4. The van der Waals surface area contributed by atoms with Crippen LogP contribution in [0.5, 0.6) is 0 Å². The Morgan fingerprint density at radius 3 is 2.26 bits per heavy atom. The van der Waals surface area contributed by atoms with Gasteiger partial charge in [0, 0.05) is 29.5 Å². The summed E-state index contributed by atoms with van der Waals surface area (Å²) < 4.78 is 0. The summed E-state index contributed by atoms with van der Waals surface area (Å²) in [4.78, 5) is 13.3. The molecule has 0 aliphatic heterocycles. The lowest BCUT2D eigenvalue weighted by Gasteiger charge is -2.16. The maximum absolute atomic E-state index is 11.1. The van der Waals surface area contributed by atoms with E-state index in [2.05, 4.69) is 35.9 Å². The summed E-state index contributed by atoms with van der Waals surface area (Å²) in [5, 5.41) is 11.9. The van der Waals surface area contributed by atoms with Gasteiger partial charge in [0.15, 0.2) is 0 Å². The summed E-state index contributed by atoms with van der Waals surface area (Å²) in [6.07, 6.45) is 4.41. The van der Waals surface area contributed by atoms with Crippen molar-refractivity contribution in [2.24, 2.45) is 0 Å². The number of aliphatic hydroxyl groups excluding tert-OH is 1. The summed E-state index contributed by atoms with van der Waals surface area (Å²) in [5.41, 5.74) is 5.22. The fourth-order valence-corrected chi connectivity index (χ4v) is 3.20. The Balaban J connectivity index is 1.84. The molecular weight excluding hydrogens is 334 g/mol. The van der Waals surface area contributed by atoms with Crippen molar-refractivity contribution in [3.05, 3.63) is 90.0 Å². The molecule has 3 aromatic heterocycles. The van der Waals surface area contributed by atoms with Crippen LogP contribution in [0.25, 0.3) is 22.2 Å². The molecule has 4 heteroatoms. The van der Waals surface area contributed by atoms with E-state index in [0.717, 1.165) is 27.7 Å². The minimum absolute atomic E-state index is 0.453. The average molecular weight is 355 g/mol. The van der Waals surface area contributed by atoms with Crippen LogP contribution in [0, 0.1) is 0 Å². The van der Waals surface area contributed by atoms with Gasteiger partial charge in [-0.05, 0) is 47.4 Å². The van der Waals surface area contributed by atoms with Crippen LogP contribution in [0.1, 0.15) is 42.7 Å². The minimum atomic E-state index is -0.820. The van der Waals surface area contributed by atoms with Gasteiger partial charge in [-0.1, -0.05) is 38.1 Å². The smallest absolute Gasteiger partial charge is 0.122 e. The standard InChI is InChI=1S/C23H21N3O/c1-15(2)16-5-7-18(8-6-16)23(27)22-19-4-3-11-25-21(19)14-20(26-22)17-9-12-24-13-10-17/h3-15,23,27H,1-2H3/t23-/m1/s1. The molecule has 1 aromatic carbocycles. The molecule has 1 N–H and O–H groups in total. The van der Waals surface area contributed by atoms with E-state index in [1.54, 1.807) is 18.6 Å². The normalized spacial score (nSPS) is 12.4. The SMILES string of the molecule is CC(C)c1ccc([C@@H](O)c2nc(-c3ccncc3)cc3ncccc23)cc1. The predicted octanol–water partition coefficient (Wildman–Crippen LogP) is 4.90. The maximum Gasteiger partial charge on any atom is 0.122 e. The van der Waals surface area contributed by atoms with Crippen molar-refractivity contribution in [1.82, 2.24) is 15.0 Å². The topological polar surface area (TPSA) is 58.9 Å². The van der Waals surface area contributed by atoms with Crippen molar-refractivity contribution in [3.8, 4) is 11.3 Å². The van der Waals surface area contributed by atoms with Crippen LogP contribution in [-0.4, -0.2) is 20.1 Å². The molecule has 0 saturated carbocycles. The van der Waals surface area contributed by atoms with Gasteiger partial charge in [0.2, 0.25) is 0 Å². The third kappa shape index (κ3) is 3.44. The zero-order chi connectivity index (χ0) is 18.8. The molecule has 0 radical (unpaired) electrons. The molecule has 0 fully saturated rings. The molecule has 4 aromatic rings. The second-order valence-electron chi connectivity index (χ2n) is 6.92. The number of hydrogen-bond donors (Lipinski definition) is 1. The first-order valence-corrected chi connectivity index (χ1v) is 9.07. The Labute approximate surface area is 158 Å². The van der Waals surface area contributed by atoms with Gasteiger partial charge in [0.1, 0.15) is 6.10 Å². The van der Waals surface area contributed by atoms with E-state index in [1.807, 2.05) is 42.5 Å². The lowest BCUT2D eigenvalue weighted by atomic mass is 9.97. The Bertz CT molecular complexity index is 1060.